The molecule has 0 aliphatic carbocycles. The molecule has 0 saturated heterocycles. The number of primary sulfonamides is 2. The first kappa shape index (κ1) is 47.5. The molecule has 6 rings (SSSR count). The second-order valence-electron chi connectivity index (χ2n) is 12.6. The van der Waals surface area contributed by atoms with E-state index < -0.39 is 71.2 Å². The normalized spacial score (nSPS) is 12.6. The summed E-state index contributed by atoms with van der Waals surface area (Å²) in [7, 11) is -8.88. The lowest BCUT2D eigenvalue weighted by Crippen LogP contribution is -2.22. The Morgan fingerprint density at radius 3 is 1.77 bits per heavy atom. The number of nitrogens with two attached hydrogens (primary N) is 2. The summed E-state index contributed by atoms with van der Waals surface area (Å²) >= 11 is 18.1. The fraction of sp³-hybridized carbons (Fsp3) is 0.111. The minimum atomic E-state index is -4.70. The maximum Gasteiger partial charge on any atom is 0.419 e. The molecule has 328 valence electrons. The topological polar surface area (TPSA) is 234 Å². The van der Waals surface area contributed by atoms with E-state index in [1.54, 1.807) is 36.4 Å². The van der Waals surface area contributed by atoms with Gasteiger partial charge < -0.3 is 15.7 Å². The summed E-state index contributed by atoms with van der Waals surface area (Å²) in [6, 6.07) is 18.1. The van der Waals surface area contributed by atoms with Gasteiger partial charge in [0.05, 0.1) is 40.7 Å². The highest BCUT2D eigenvalue weighted by Crippen LogP contribution is 2.35. The highest BCUT2D eigenvalue weighted by Gasteiger charge is 2.34. The molecule has 2 heterocycles. The smallest absolute Gasteiger partial charge is 0.378 e. The van der Waals surface area contributed by atoms with Crippen molar-refractivity contribution in [2.24, 2.45) is 10.3 Å². The molecule has 6 aromatic rings. The third kappa shape index (κ3) is 11.7. The molecule has 0 aliphatic heterocycles. The first-order valence-electron chi connectivity index (χ1n) is 16.8. The Hall–Kier alpha value is -5.53. The maximum absolute atomic E-state index is 12.9. The number of sulfonamides is 2. The first-order chi connectivity index (χ1) is 28.7. The fourth-order valence-electron chi connectivity index (χ4n) is 5.36. The van der Waals surface area contributed by atoms with Crippen LogP contribution in [-0.4, -0.2) is 53.3 Å². The number of alkyl halides is 6. The summed E-state index contributed by atoms with van der Waals surface area (Å²) in [6.07, 6.45) is -8.92. The van der Waals surface area contributed by atoms with Crippen LogP contribution in [0.15, 0.2) is 113 Å². The van der Waals surface area contributed by atoms with Crippen molar-refractivity contribution < 1.29 is 57.9 Å². The summed E-state index contributed by atoms with van der Waals surface area (Å²) in [5, 5.41) is 32.7. The van der Waals surface area contributed by atoms with E-state index in [0.717, 1.165) is 18.2 Å². The van der Waals surface area contributed by atoms with Crippen molar-refractivity contribution in [3.05, 3.63) is 141 Å². The zero-order valence-corrected chi connectivity index (χ0v) is 34.6. The van der Waals surface area contributed by atoms with E-state index in [2.05, 4.69) is 20.8 Å². The van der Waals surface area contributed by atoms with Gasteiger partial charge >= 0.3 is 12.4 Å². The van der Waals surface area contributed by atoms with Crippen molar-refractivity contribution >= 4 is 78.0 Å². The lowest BCUT2D eigenvalue weighted by Gasteiger charge is -2.15. The third-order valence-corrected chi connectivity index (χ3v) is 11.1. The molecule has 2 amide bonds. The van der Waals surface area contributed by atoms with Crippen LogP contribution in [0.5, 0.6) is 0 Å². The Balaban J connectivity index is 0.000000234. The van der Waals surface area contributed by atoms with Crippen LogP contribution in [-0.2, 0) is 48.4 Å². The molecule has 4 aromatic carbocycles. The monoisotopic (exact) mass is 966 g/mol. The Labute approximate surface area is 361 Å². The number of amides is 2. The van der Waals surface area contributed by atoms with Crippen LogP contribution in [0.25, 0.3) is 11.4 Å². The van der Waals surface area contributed by atoms with Crippen LogP contribution < -0.4 is 20.9 Å². The number of nitrogens with zero attached hydrogens (tertiary/aromatic N) is 4. The van der Waals surface area contributed by atoms with Gasteiger partial charge in [-0.1, -0.05) is 71.2 Å². The average Bonchev–Trinajstić information content (AvgIpc) is 3.87. The van der Waals surface area contributed by atoms with Crippen LogP contribution in [0.1, 0.15) is 28.4 Å². The standard InChI is InChI=1S/C18H13Cl2F3N4O3S.C18H14ClF3N4O4S/c19-13-4-2-1-3-10(13)5-16(28)26-12-6-14(20)17(15(7-12)31(24,29)30)27-9-11(8-25-27)18(21,22)23;19-13-4-2-1-3-12(13)16(27)17(28)25-11-5-6-14(15(7-11)31(23,29)30)26-9-10(8-24-26)18(20,21)22/h1-4,6-9H,5H2,(H,26,28)(H2,24,29,30);1-9,16,27H,(H,25,28)(H2,23,29,30). The van der Waals surface area contributed by atoms with E-state index in [9.17, 15) is 57.9 Å². The van der Waals surface area contributed by atoms with Gasteiger partial charge in [-0.05, 0) is 48.0 Å². The van der Waals surface area contributed by atoms with Crippen LogP contribution in [0.2, 0.25) is 15.1 Å². The number of anilines is 2. The second kappa shape index (κ2) is 18.4. The number of aliphatic hydroxyl groups excluding tert-OH is 1. The van der Waals surface area contributed by atoms with Gasteiger partial charge in [0.15, 0.2) is 6.10 Å². The number of halogens is 9. The molecular weight excluding hydrogens is 941 g/mol. The molecule has 0 fully saturated rings. The molecule has 0 bridgehead atoms. The van der Waals surface area contributed by atoms with Gasteiger partial charge in [-0.3, -0.25) is 9.59 Å². The van der Waals surface area contributed by atoms with E-state index in [1.807, 2.05) is 0 Å². The minimum absolute atomic E-state index is 0.0296. The number of benzene rings is 4. The largest absolute Gasteiger partial charge is 0.419 e. The van der Waals surface area contributed by atoms with Crippen molar-refractivity contribution in [2.75, 3.05) is 10.6 Å². The quantitative estimate of drug-likeness (QED) is 0.0898. The molecule has 62 heavy (non-hydrogen) atoms. The van der Waals surface area contributed by atoms with E-state index in [4.69, 9.17) is 45.1 Å². The summed E-state index contributed by atoms with van der Waals surface area (Å²) in [5.41, 5.74) is -2.29. The zero-order valence-electron chi connectivity index (χ0n) is 30.7. The lowest BCUT2D eigenvalue weighted by molar-refractivity contribution is -0.138. The van der Waals surface area contributed by atoms with Gasteiger partial charge in [0.25, 0.3) is 5.91 Å². The Morgan fingerprint density at radius 1 is 0.694 bits per heavy atom. The maximum atomic E-state index is 12.9. The molecule has 7 N–H and O–H groups in total. The summed E-state index contributed by atoms with van der Waals surface area (Å²) in [4.78, 5) is 23.5. The SMILES string of the molecule is NS(=O)(=O)c1cc(NC(=O)C(O)c2ccccc2Cl)ccc1-n1cc(C(F)(F)F)cn1.NS(=O)(=O)c1cc(NC(=O)Cc2ccccc2Cl)cc(Cl)c1-n1cc(C(F)(F)F)cn1. The van der Waals surface area contributed by atoms with Crippen LogP contribution >= 0.6 is 34.8 Å². The average molecular weight is 968 g/mol. The fourth-order valence-corrected chi connectivity index (χ4v) is 7.67. The van der Waals surface area contributed by atoms with Crippen LogP contribution in [0.4, 0.5) is 37.7 Å². The number of carbonyl (C=O) groups is 2. The summed E-state index contributed by atoms with van der Waals surface area (Å²) < 4.78 is 127. The molecule has 0 aliphatic rings. The van der Waals surface area contributed by atoms with Gasteiger partial charge in [-0.15, -0.1) is 0 Å². The summed E-state index contributed by atoms with van der Waals surface area (Å²) in [5.74, 6) is -1.45. The zero-order chi connectivity index (χ0) is 45.9. The summed E-state index contributed by atoms with van der Waals surface area (Å²) in [6.45, 7) is 0. The Morgan fingerprint density at radius 2 is 1.23 bits per heavy atom. The van der Waals surface area contributed by atoms with Crippen molar-refractivity contribution in [1.29, 1.82) is 0 Å². The molecule has 1 unspecified atom stereocenters. The van der Waals surface area contributed by atoms with Crippen molar-refractivity contribution in [2.45, 2.75) is 34.7 Å². The highest BCUT2D eigenvalue weighted by atomic mass is 35.5. The van der Waals surface area contributed by atoms with Crippen LogP contribution in [0.3, 0.4) is 0 Å². The molecule has 0 radical (unpaired) electrons. The van der Waals surface area contributed by atoms with E-state index in [1.165, 1.54) is 24.3 Å². The number of hydrogen-bond acceptors (Lipinski definition) is 9. The highest BCUT2D eigenvalue weighted by molar-refractivity contribution is 7.89. The number of aliphatic hydroxyl groups is 1. The van der Waals surface area contributed by atoms with Gasteiger partial charge in [-0.25, -0.2) is 36.5 Å². The molecular formula is C36H27Cl3F6N8O7S2. The third-order valence-electron chi connectivity index (χ3n) is 8.21. The number of carbonyl (C=O) groups excluding carboxylic acids is 2. The predicted octanol–water partition coefficient (Wildman–Crippen LogP) is 6.89. The van der Waals surface area contributed by atoms with Crippen molar-refractivity contribution in [3.8, 4) is 11.4 Å². The molecule has 26 heteroatoms. The minimum Gasteiger partial charge on any atom is -0.378 e. The molecule has 15 nitrogen and oxygen atoms in total. The Kier molecular flexibility index (Phi) is 14.1. The van der Waals surface area contributed by atoms with E-state index >= 15 is 0 Å². The predicted molar refractivity (Wildman–Crippen MR) is 214 cm³/mol. The lowest BCUT2D eigenvalue weighted by atomic mass is 10.1. The molecule has 0 spiro atoms. The number of nitrogens with one attached hydrogen (secondary N) is 2. The second-order valence-corrected chi connectivity index (χ2v) is 16.9. The number of hydrogen-bond donors (Lipinski definition) is 5. The van der Waals surface area contributed by atoms with Gasteiger partial charge in [-0.2, -0.15) is 36.5 Å². The van der Waals surface area contributed by atoms with Gasteiger partial charge in [0.1, 0.15) is 15.5 Å². The van der Waals surface area contributed by atoms with Crippen molar-refractivity contribution in [1.82, 2.24) is 19.6 Å². The van der Waals surface area contributed by atoms with Crippen molar-refractivity contribution in [3.63, 3.8) is 0 Å². The van der Waals surface area contributed by atoms with Crippen LogP contribution in [0, 0.1) is 0 Å². The molecule has 1 atom stereocenters. The van der Waals surface area contributed by atoms with Gasteiger partial charge in [0, 0.05) is 39.4 Å². The van der Waals surface area contributed by atoms with E-state index in [0.29, 0.717) is 44.7 Å². The molecule has 0 saturated carbocycles. The first-order valence-corrected chi connectivity index (χ1v) is 21.0. The number of rotatable bonds is 10. The Bertz CT molecular complexity index is 2890. The van der Waals surface area contributed by atoms with Gasteiger partial charge in [0.2, 0.25) is 26.0 Å². The number of aromatic nitrogens is 4. The molecule has 2 aromatic heterocycles. The van der Waals surface area contributed by atoms with E-state index in [-0.39, 0.29) is 44.8 Å².